The van der Waals surface area contributed by atoms with Crippen molar-refractivity contribution >= 4 is 0 Å². The van der Waals surface area contributed by atoms with Crippen molar-refractivity contribution in [2.45, 2.75) is 18.6 Å². The molecule has 0 heterocycles. The summed E-state index contributed by atoms with van der Waals surface area (Å²) in [7, 11) is 1.65. The second-order valence-corrected chi connectivity index (χ2v) is 3.76. The summed E-state index contributed by atoms with van der Waals surface area (Å²) in [6, 6.07) is 5.96. The highest BCUT2D eigenvalue weighted by Gasteiger charge is 2.18. The van der Waals surface area contributed by atoms with Gasteiger partial charge < -0.3 is 15.5 Å². The van der Waals surface area contributed by atoms with E-state index < -0.39 is 18.0 Å². The van der Waals surface area contributed by atoms with E-state index in [0.29, 0.717) is 5.56 Å². The quantitative estimate of drug-likeness (QED) is 0.698. The standard InChI is InChI=1S/C12H15FN2O2/c1-15-7-11(16)12(17)9-3-2-8(4-5-14)10(13)6-9/h2-3,6,11-12,15-17H,4,7H2,1H3. The van der Waals surface area contributed by atoms with Crippen molar-refractivity contribution in [3.8, 4) is 6.07 Å². The van der Waals surface area contributed by atoms with Gasteiger partial charge in [-0.25, -0.2) is 4.39 Å². The third kappa shape index (κ3) is 3.49. The molecule has 0 aliphatic carbocycles. The van der Waals surface area contributed by atoms with Crippen molar-refractivity contribution in [3.63, 3.8) is 0 Å². The first kappa shape index (κ1) is 13.6. The number of likely N-dealkylation sites (N-methyl/N-ethyl adjacent to an activating group) is 1. The fourth-order valence-corrected chi connectivity index (χ4v) is 1.52. The molecule has 1 rings (SSSR count). The Morgan fingerprint density at radius 3 is 2.71 bits per heavy atom. The van der Waals surface area contributed by atoms with E-state index in [1.54, 1.807) is 7.05 Å². The van der Waals surface area contributed by atoms with Gasteiger partial charge in [-0.15, -0.1) is 0 Å². The molecular weight excluding hydrogens is 223 g/mol. The largest absolute Gasteiger partial charge is 0.389 e. The van der Waals surface area contributed by atoms with Crippen LogP contribution in [0.4, 0.5) is 4.39 Å². The first-order chi connectivity index (χ1) is 8.10. The van der Waals surface area contributed by atoms with E-state index in [1.807, 2.05) is 6.07 Å². The fraction of sp³-hybridized carbons (Fsp3) is 0.417. The molecule has 4 nitrogen and oxygen atoms in total. The molecule has 0 saturated heterocycles. The molecule has 92 valence electrons. The van der Waals surface area contributed by atoms with Crippen LogP contribution in [-0.4, -0.2) is 29.9 Å². The molecule has 5 heteroatoms. The Hall–Kier alpha value is -1.48. The zero-order valence-electron chi connectivity index (χ0n) is 9.52. The molecule has 2 atom stereocenters. The SMILES string of the molecule is CNCC(O)C(O)c1ccc(CC#N)c(F)c1. The van der Waals surface area contributed by atoms with E-state index in [0.717, 1.165) is 6.07 Å². The van der Waals surface area contributed by atoms with Gasteiger partial charge >= 0.3 is 0 Å². The number of aliphatic hydroxyl groups is 2. The average molecular weight is 238 g/mol. The van der Waals surface area contributed by atoms with Crippen molar-refractivity contribution in [2.24, 2.45) is 0 Å². The van der Waals surface area contributed by atoms with E-state index in [9.17, 15) is 14.6 Å². The van der Waals surface area contributed by atoms with Crippen molar-refractivity contribution in [2.75, 3.05) is 13.6 Å². The predicted octanol–water partition coefficient (Wildman–Crippen LogP) is 0.505. The molecule has 0 aliphatic heterocycles. The van der Waals surface area contributed by atoms with Gasteiger partial charge in [0, 0.05) is 12.1 Å². The molecule has 0 amide bonds. The van der Waals surface area contributed by atoms with Gasteiger partial charge in [-0.1, -0.05) is 12.1 Å². The fourth-order valence-electron chi connectivity index (χ4n) is 1.52. The van der Waals surface area contributed by atoms with E-state index in [4.69, 9.17) is 5.26 Å². The number of hydrogen-bond donors (Lipinski definition) is 3. The Morgan fingerprint density at radius 2 is 2.18 bits per heavy atom. The first-order valence-electron chi connectivity index (χ1n) is 5.26. The van der Waals surface area contributed by atoms with Crippen LogP contribution in [0.1, 0.15) is 17.2 Å². The summed E-state index contributed by atoms with van der Waals surface area (Å²) >= 11 is 0. The van der Waals surface area contributed by atoms with Crippen molar-refractivity contribution in [1.29, 1.82) is 5.26 Å². The topological polar surface area (TPSA) is 76.3 Å². The van der Waals surface area contributed by atoms with Gasteiger partial charge in [0.1, 0.15) is 11.9 Å². The highest BCUT2D eigenvalue weighted by molar-refractivity contribution is 5.28. The number of nitrogens with one attached hydrogen (secondary N) is 1. The van der Waals surface area contributed by atoms with Crippen LogP contribution >= 0.6 is 0 Å². The molecule has 0 aliphatic rings. The second kappa shape index (κ2) is 6.30. The van der Waals surface area contributed by atoms with Crippen LogP contribution in [0.3, 0.4) is 0 Å². The van der Waals surface area contributed by atoms with Crippen LogP contribution in [0.25, 0.3) is 0 Å². The summed E-state index contributed by atoms with van der Waals surface area (Å²) in [4.78, 5) is 0. The van der Waals surface area contributed by atoms with Crippen LogP contribution in [0, 0.1) is 17.1 Å². The molecule has 0 aromatic heterocycles. The Balaban J connectivity index is 2.86. The lowest BCUT2D eigenvalue weighted by Gasteiger charge is -2.18. The van der Waals surface area contributed by atoms with E-state index in [2.05, 4.69) is 5.32 Å². The maximum atomic E-state index is 13.5. The average Bonchev–Trinajstić information content (AvgIpc) is 2.31. The lowest BCUT2D eigenvalue weighted by atomic mass is 10.0. The molecule has 3 N–H and O–H groups in total. The summed E-state index contributed by atoms with van der Waals surface area (Å²) in [6.07, 6.45) is -2.16. The highest BCUT2D eigenvalue weighted by Crippen LogP contribution is 2.20. The number of halogens is 1. The number of rotatable bonds is 5. The van der Waals surface area contributed by atoms with Gasteiger partial charge in [0.2, 0.25) is 0 Å². The second-order valence-electron chi connectivity index (χ2n) is 3.76. The predicted molar refractivity (Wildman–Crippen MR) is 60.6 cm³/mol. The number of nitriles is 1. The smallest absolute Gasteiger partial charge is 0.127 e. The normalized spacial score (nSPS) is 14.1. The zero-order chi connectivity index (χ0) is 12.8. The van der Waals surface area contributed by atoms with Gasteiger partial charge in [0.15, 0.2) is 0 Å². The van der Waals surface area contributed by atoms with Crippen LogP contribution in [0.15, 0.2) is 18.2 Å². The third-order valence-corrected chi connectivity index (χ3v) is 2.47. The number of hydrogen-bond acceptors (Lipinski definition) is 4. The van der Waals surface area contributed by atoms with E-state index in [1.165, 1.54) is 12.1 Å². The summed E-state index contributed by atoms with van der Waals surface area (Å²) in [5, 5.41) is 30.5. The molecule has 17 heavy (non-hydrogen) atoms. The third-order valence-electron chi connectivity index (χ3n) is 2.47. The van der Waals surface area contributed by atoms with Gasteiger partial charge in [0.25, 0.3) is 0 Å². The minimum Gasteiger partial charge on any atom is -0.389 e. The molecule has 1 aromatic carbocycles. The highest BCUT2D eigenvalue weighted by atomic mass is 19.1. The number of benzene rings is 1. The summed E-state index contributed by atoms with van der Waals surface area (Å²) in [5.74, 6) is -0.542. The Labute approximate surface area is 99.3 Å². The first-order valence-corrected chi connectivity index (χ1v) is 5.26. The van der Waals surface area contributed by atoms with E-state index >= 15 is 0 Å². The van der Waals surface area contributed by atoms with Crippen LogP contribution in [-0.2, 0) is 6.42 Å². The van der Waals surface area contributed by atoms with Gasteiger partial charge in [-0.05, 0) is 18.7 Å². The molecular formula is C12H15FN2O2. The molecule has 0 spiro atoms. The summed E-state index contributed by atoms with van der Waals surface area (Å²) < 4.78 is 13.5. The molecule has 0 bridgehead atoms. The van der Waals surface area contributed by atoms with Gasteiger partial charge in [-0.2, -0.15) is 5.26 Å². The summed E-state index contributed by atoms with van der Waals surface area (Å²) in [6.45, 7) is 0.211. The molecule has 0 radical (unpaired) electrons. The Bertz CT molecular complexity index is 417. The molecule has 0 saturated carbocycles. The minimum absolute atomic E-state index is 0.0126. The zero-order valence-corrected chi connectivity index (χ0v) is 9.52. The Kier molecular flexibility index (Phi) is 5.04. The van der Waals surface area contributed by atoms with Crippen molar-refractivity contribution in [3.05, 3.63) is 35.1 Å². The van der Waals surface area contributed by atoms with Crippen molar-refractivity contribution in [1.82, 2.24) is 5.32 Å². The number of aliphatic hydroxyl groups excluding tert-OH is 2. The van der Waals surface area contributed by atoms with E-state index in [-0.39, 0.29) is 18.5 Å². The van der Waals surface area contributed by atoms with Gasteiger partial charge in [0.05, 0.1) is 18.6 Å². The van der Waals surface area contributed by atoms with Crippen molar-refractivity contribution < 1.29 is 14.6 Å². The molecule has 0 fully saturated rings. The van der Waals surface area contributed by atoms with Crippen LogP contribution in [0.5, 0.6) is 0 Å². The monoisotopic (exact) mass is 238 g/mol. The maximum absolute atomic E-state index is 13.5. The summed E-state index contributed by atoms with van der Waals surface area (Å²) in [5.41, 5.74) is 0.582. The maximum Gasteiger partial charge on any atom is 0.127 e. The minimum atomic E-state index is -1.15. The lowest BCUT2D eigenvalue weighted by Crippen LogP contribution is -2.29. The lowest BCUT2D eigenvalue weighted by molar-refractivity contribution is 0.0200. The van der Waals surface area contributed by atoms with Gasteiger partial charge in [-0.3, -0.25) is 0 Å². The molecule has 2 unspecified atom stereocenters. The molecule has 1 aromatic rings. The van der Waals surface area contributed by atoms with Crippen LogP contribution in [0.2, 0.25) is 0 Å². The van der Waals surface area contributed by atoms with Crippen LogP contribution < -0.4 is 5.32 Å². The Morgan fingerprint density at radius 1 is 1.47 bits per heavy atom. The number of nitrogens with zero attached hydrogens (tertiary/aromatic N) is 1.